The number of hydrogen-bond donors (Lipinski definition) is 1. The van der Waals surface area contributed by atoms with Crippen LogP contribution >= 0.6 is 11.6 Å². The molecule has 3 aromatic rings. The Hall–Kier alpha value is -3.82. The Balaban J connectivity index is 1.40. The zero-order chi connectivity index (χ0) is 31.6. The molecule has 45 heavy (non-hydrogen) atoms. The number of rotatable bonds is 13. The van der Waals surface area contributed by atoms with E-state index >= 15 is 0 Å². The van der Waals surface area contributed by atoms with Gasteiger partial charge in [0.15, 0.2) is 0 Å². The van der Waals surface area contributed by atoms with Crippen LogP contribution in [0.25, 0.3) is 0 Å². The standard InChI is InChI=1S/C36H39ClN2O6/c1-25-32(35(40)41)33(28-13-8-14-29(37)23-28)34(31(38-25)24-44-22-18-39-16-20-43-21-17-39)36(42)45-19-15-30(26-9-4-2-5-10-26)27-11-6-3-7-12-27/h2-14,23,30,32-33H,15-22,24H2,1H3,(H,40,41). The third kappa shape index (κ3) is 8.47. The van der Waals surface area contributed by atoms with Crippen molar-refractivity contribution in [1.29, 1.82) is 0 Å². The first-order valence-corrected chi connectivity index (χ1v) is 15.7. The molecule has 9 heteroatoms. The molecule has 1 N–H and O–H groups in total. The van der Waals surface area contributed by atoms with Gasteiger partial charge in [-0.25, -0.2) is 4.79 Å². The third-order valence-electron chi connectivity index (χ3n) is 8.35. The maximum absolute atomic E-state index is 14.0. The fourth-order valence-electron chi connectivity index (χ4n) is 6.10. The monoisotopic (exact) mass is 630 g/mol. The van der Waals surface area contributed by atoms with Crippen LogP contribution in [0.15, 0.2) is 101 Å². The fourth-order valence-corrected chi connectivity index (χ4v) is 6.29. The lowest BCUT2D eigenvalue weighted by atomic mass is 9.75. The van der Waals surface area contributed by atoms with Gasteiger partial charge in [0.05, 0.1) is 44.3 Å². The van der Waals surface area contributed by atoms with Gasteiger partial charge in [-0.05, 0) is 42.2 Å². The van der Waals surface area contributed by atoms with Crippen molar-refractivity contribution < 1.29 is 28.9 Å². The van der Waals surface area contributed by atoms with E-state index in [9.17, 15) is 14.7 Å². The SMILES string of the molecule is CC1=NC(COCCN2CCOCC2)=C(C(=O)OCCC(c2ccccc2)c2ccccc2)C(c2cccc(Cl)c2)C1C(=O)O. The second-order valence-corrected chi connectivity index (χ2v) is 11.7. The minimum absolute atomic E-state index is 0.0132. The predicted octanol–water partition coefficient (Wildman–Crippen LogP) is 5.97. The van der Waals surface area contributed by atoms with Crippen LogP contribution < -0.4 is 0 Å². The van der Waals surface area contributed by atoms with Gasteiger partial charge in [0.1, 0.15) is 5.92 Å². The second kappa shape index (κ2) is 16.0. The topological polar surface area (TPSA) is 97.7 Å². The Labute approximate surface area is 269 Å². The summed E-state index contributed by atoms with van der Waals surface area (Å²) in [5.41, 5.74) is 3.81. The summed E-state index contributed by atoms with van der Waals surface area (Å²) in [5.74, 6) is -3.58. The Morgan fingerprint density at radius 2 is 1.64 bits per heavy atom. The van der Waals surface area contributed by atoms with Gasteiger partial charge in [0, 0.05) is 42.2 Å². The molecule has 0 bridgehead atoms. The molecule has 0 aromatic heterocycles. The number of carboxylic acid groups (broad SMARTS) is 1. The molecule has 2 atom stereocenters. The van der Waals surface area contributed by atoms with Crippen LogP contribution in [0.2, 0.25) is 5.02 Å². The summed E-state index contributed by atoms with van der Waals surface area (Å²) in [7, 11) is 0. The Morgan fingerprint density at radius 3 is 2.27 bits per heavy atom. The summed E-state index contributed by atoms with van der Waals surface area (Å²) in [4.78, 5) is 33.5. The number of esters is 1. The van der Waals surface area contributed by atoms with E-state index in [1.807, 2.05) is 36.4 Å². The molecule has 0 saturated carbocycles. The van der Waals surface area contributed by atoms with Crippen molar-refractivity contribution in [2.45, 2.75) is 25.2 Å². The van der Waals surface area contributed by atoms with Crippen LogP contribution in [0.1, 0.15) is 41.9 Å². The Morgan fingerprint density at radius 1 is 0.978 bits per heavy atom. The van der Waals surface area contributed by atoms with Gasteiger partial charge in [-0.3, -0.25) is 14.7 Å². The molecule has 3 aromatic carbocycles. The summed E-state index contributed by atoms with van der Waals surface area (Å²) in [6.07, 6.45) is 0.547. The number of aliphatic carboxylic acids is 1. The van der Waals surface area contributed by atoms with Gasteiger partial charge in [-0.1, -0.05) is 84.4 Å². The van der Waals surface area contributed by atoms with E-state index < -0.39 is 23.8 Å². The molecular weight excluding hydrogens is 592 g/mol. The third-order valence-corrected chi connectivity index (χ3v) is 8.58. The van der Waals surface area contributed by atoms with E-state index in [1.165, 1.54) is 0 Å². The van der Waals surface area contributed by atoms with E-state index in [1.54, 1.807) is 31.2 Å². The molecule has 1 saturated heterocycles. The van der Waals surface area contributed by atoms with Gasteiger partial charge in [-0.2, -0.15) is 0 Å². The van der Waals surface area contributed by atoms with E-state index in [0.717, 1.165) is 30.8 Å². The van der Waals surface area contributed by atoms with Crippen LogP contribution in [0.5, 0.6) is 0 Å². The molecule has 2 heterocycles. The molecule has 0 amide bonds. The van der Waals surface area contributed by atoms with E-state index in [0.29, 0.717) is 48.2 Å². The molecule has 236 valence electrons. The van der Waals surface area contributed by atoms with Gasteiger partial charge in [0.2, 0.25) is 0 Å². The van der Waals surface area contributed by atoms with E-state index in [2.05, 4.69) is 34.2 Å². The quantitative estimate of drug-likeness (QED) is 0.184. The molecule has 1 fully saturated rings. The maximum atomic E-state index is 14.0. The van der Waals surface area contributed by atoms with Gasteiger partial charge in [0.25, 0.3) is 0 Å². The summed E-state index contributed by atoms with van der Waals surface area (Å²) < 4.78 is 17.4. The zero-order valence-electron chi connectivity index (χ0n) is 25.4. The molecular formula is C36H39ClN2O6. The molecule has 5 rings (SSSR count). The molecule has 2 unspecified atom stereocenters. The van der Waals surface area contributed by atoms with Crippen molar-refractivity contribution >= 4 is 29.3 Å². The minimum Gasteiger partial charge on any atom is -0.481 e. The highest BCUT2D eigenvalue weighted by molar-refractivity contribution is 6.30. The lowest BCUT2D eigenvalue weighted by Gasteiger charge is -2.31. The molecule has 8 nitrogen and oxygen atoms in total. The van der Waals surface area contributed by atoms with Crippen molar-refractivity contribution in [2.24, 2.45) is 10.9 Å². The van der Waals surface area contributed by atoms with Crippen molar-refractivity contribution in [1.82, 2.24) is 4.90 Å². The zero-order valence-corrected chi connectivity index (χ0v) is 26.2. The average molecular weight is 631 g/mol. The highest BCUT2D eigenvalue weighted by Gasteiger charge is 2.42. The predicted molar refractivity (Wildman–Crippen MR) is 174 cm³/mol. The van der Waals surface area contributed by atoms with Crippen molar-refractivity contribution in [3.8, 4) is 0 Å². The number of morpholine rings is 1. The molecule has 2 aliphatic rings. The number of hydrogen-bond acceptors (Lipinski definition) is 7. The number of benzene rings is 3. The average Bonchev–Trinajstić information content (AvgIpc) is 3.05. The normalized spacial score (nSPS) is 19.0. The minimum atomic E-state index is -1.08. The highest BCUT2D eigenvalue weighted by atomic mass is 35.5. The number of carboxylic acids is 1. The summed E-state index contributed by atoms with van der Waals surface area (Å²) in [5, 5.41) is 10.8. The molecule has 0 aliphatic carbocycles. The van der Waals surface area contributed by atoms with Gasteiger partial charge in [-0.15, -0.1) is 0 Å². The lowest BCUT2D eigenvalue weighted by Crippen LogP contribution is -2.38. The maximum Gasteiger partial charge on any atom is 0.336 e. The smallest absolute Gasteiger partial charge is 0.336 e. The first kappa shape index (κ1) is 32.6. The number of carbonyl (C=O) groups excluding carboxylic acids is 1. The summed E-state index contributed by atoms with van der Waals surface area (Å²) >= 11 is 6.35. The van der Waals surface area contributed by atoms with E-state index in [-0.39, 0.29) is 24.7 Å². The van der Waals surface area contributed by atoms with Crippen LogP contribution in [0.4, 0.5) is 0 Å². The molecule has 2 aliphatic heterocycles. The number of aliphatic imine (C=N–C) groups is 1. The van der Waals surface area contributed by atoms with Crippen molar-refractivity contribution in [2.75, 3.05) is 52.7 Å². The van der Waals surface area contributed by atoms with Crippen molar-refractivity contribution in [3.05, 3.63) is 118 Å². The molecule has 0 radical (unpaired) electrons. The fraction of sp³-hybridized carbons (Fsp3) is 0.361. The summed E-state index contributed by atoms with van der Waals surface area (Å²) in [6, 6.07) is 27.2. The first-order chi connectivity index (χ1) is 21.9. The Bertz CT molecular complexity index is 1460. The second-order valence-electron chi connectivity index (χ2n) is 11.3. The number of carbonyl (C=O) groups is 2. The van der Waals surface area contributed by atoms with Crippen LogP contribution in [-0.4, -0.2) is 80.3 Å². The molecule has 0 spiro atoms. The van der Waals surface area contributed by atoms with Crippen LogP contribution in [-0.2, 0) is 23.8 Å². The Kier molecular flexibility index (Phi) is 11.5. The van der Waals surface area contributed by atoms with Crippen LogP contribution in [0.3, 0.4) is 0 Å². The van der Waals surface area contributed by atoms with Crippen molar-refractivity contribution in [3.63, 3.8) is 0 Å². The number of ether oxygens (including phenoxy) is 3. The van der Waals surface area contributed by atoms with Gasteiger partial charge < -0.3 is 19.3 Å². The largest absolute Gasteiger partial charge is 0.481 e. The lowest BCUT2D eigenvalue weighted by molar-refractivity contribution is -0.141. The van der Waals surface area contributed by atoms with Gasteiger partial charge >= 0.3 is 11.9 Å². The number of nitrogens with zero attached hydrogens (tertiary/aromatic N) is 2. The first-order valence-electron chi connectivity index (χ1n) is 15.3. The number of halogens is 1. The summed E-state index contributed by atoms with van der Waals surface area (Å²) in [6.45, 7) is 6.06. The highest BCUT2D eigenvalue weighted by Crippen LogP contribution is 2.41. The van der Waals surface area contributed by atoms with Crippen LogP contribution in [0, 0.1) is 5.92 Å². The van der Waals surface area contributed by atoms with E-state index in [4.69, 9.17) is 25.8 Å².